The van der Waals surface area contributed by atoms with Gasteiger partial charge in [0.1, 0.15) is 25.0 Å². The molecule has 4 aliphatic carbocycles. The molecule has 6 nitrogen and oxygen atoms in total. The summed E-state index contributed by atoms with van der Waals surface area (Å²) in [4.78, 5) is 17.8. The fourth-order valence-corrected chi connectivity index (χ4v) is 6.84. The van der Waals surface area contributed by atoms with Crippen molar-refractivity contribution in [1.82, 2.24) is 14.8 Å². The average molecular weight is 429 g/mol. The zero-order valence-electron chi connectivity index (χ0n) is 18.1. The SMILES string of the molecule is O=C(Nc1ccc(OCc2ccccc2)cc1)C12CC3CC(C1)CC(n1cncn1)(C3)C2. The van der Waals surface area contributed by atoms with Gasteiger partial charge in [0.25, 0.3) is 0 Å². The van der Waals surface area contributed by atoms with E-state index < -0.39 is 0 Å². The van der Waals surface area contributed by atoms with Crippen LogP contribution in [0.4, 0.5) is 5.69 Å². The molecule has 6 heteroatoms. The molecule has 1 amide bonds. The lowest BCUT2D eigenvalue weighted by Crippen LogP contribution is -2.60. The van der Waals surface area contributed by atoms with Gasteiger partial charge in [-0.25, -0.2) is 9.67 Å². The van der Waals surface area contributed by atoms with Gasteiger partial charge in [-0.15, -0.1) is 0 Å². The van der Waals surface area contributed by atoms with Crippen LogP contribution in [0.3, 0.4) is 0 Å². The summed E-state index contributed by atoms with van der Waals surface area (Å²) in [6, 6.07) is 17.8. The molecule has 32 heavy (non-hydrogen) atoms. The molecule has 3 aromatic rings. The maximum absolute atomic E-state index is 13.6. The van der Waals surface area contributed by atoms with Crippen LogP contribution in [-0.4, -0.2) is 20.7 Å². The van der Waals surface area contributed by atoms with Crippen molar-refractivity contribution in [3.05, 3.63) is 72.8 Å². The lowest BCUT2D eigenvalue weighted by atomic mass is 9.46. The Bertz CT molecular complexity index is 1080. The number of benzene rings is 2. The van der Waals surface area contributed by atoms with E-state index in [0.717, 1.165) is 49.1 Å². The van der Waals surface area contributed by atoms with Crippen LogP contribution in [0.25, 0.3) is 0 Å². The van der Waals surface area contributed by atoms with Crippen molar-refractivity contribution in [3.63, 3.8) is 0 Å². The Labute approximate surface area is 188 Å². The lowest BCUT2D eigenvalue weighted by molar-refractivity contribution is -0.150. The Kier molecular flexibility index (Phi) is 4.56. The summed E-state index contributed by atoms with van der Waals surface area (Å²) in [5.41, 5.74) is 1.60. The quantitative estimate of drug-likeness (QED) is 0.613. The standard InChI is InChI=1S/C26H28N4O2/c31-24(29-22-6-8-23(9-7-22)32-15-19-4-2-1-3-5-19)25-11-20-10-21(12-25)14-26(13-20,16-25)30-18-27-17-28-30/h1-9,17-18,20-21H,10-16H2,(H,29,31). The van der Waals surface area contributed by atoms with Gasteiger partial charge in [0, 0.05) is 5.69 Å². The molecule has 4 bridgehead atoms. The number of carbonyl (C=O) groups is 1. The van der Waals surface area contributed by atoms with Crippen LogP contribution in [0.5, 0.6) is 5.75 Å². The molecular formula is C26H28N4O2. The highest BCUT2D eigenvalue weighted by molar-refractivity contribution is 5.95. The molecule has 2 atom stereocenters. The molecule has 1 heterocycles. The van der Waals surface area contributed by atoms with Gasteiger partial charge in [0.15, 0.2) is 0 Å². The predicted octanol–water partition coefficient (Wildman–Crippen LogP) is 4.79. The average Bonchev–Trinajstić information content (AvgIpc) is 3.35. The van der Waals surface area contributed by atoms with Crippen LogP contribution < -0.4 is 10.1 Å². The second-order valence-electron chi connectivity index (χ2n) is 10.1. The second kappa shape index (κ2) is 7.47. The maximum atomic E-state index is 13.6. The number of nitrogens with one attached hydrogen (secondary N) is 1. The summed E-state index contributed by atoms with van der Waals surface area (Å²) >= 11 is 0. The summed E-state index contributed by atoms with van der Waals surface area (Å²) < 4.78 is 7.93. The Morgan fingerprint density at radius 2 is 1.78 bits per heavy atom. The minimum atomic E-state index is -0.307. The molecule has 1 aromatic heterocycles. The molecule has 0 saturated heterocycles. The molecule has 4 aliphatic rings. The van der Waals surface area contributed by atoms with E-state index >= 15 is 0 Å². The Morgan fingerprint density at radius 3 is 2.47 bits per heavy atom. The summed E-state index contributed by atoms with van der Waals surface area (Å²) in [7, 11) is 0. The molecule has 0 radical (unpaired) electrons. The van der Waals surface area contributed by atoms with E-state index in [2.05, 4.69) is 15.4 Å². The smallest absolute Gasteiger partial charge is 0.230 e. The van der Waals surface area contributed by atoms with Crippen LogP contribution in [0, 0.1) is 17.3 Å². The number of hydrogen-bond acceptors (Lipinski definition) is 4. The second-order valence-corrected chi connectivity index (χ2v) is 10.1. The van der Waals surface area contributed by atoms with E-state index in [1.54, 1.807) is 6.33 Å². The van der Waals surface area contributed by atoms with Crippen LogP contribution in [0.1, 0.15) is 44.1 Å². The molecule has 4 fully saturated rings. The van der Waals surface area contributed by atoms with Crippen molar-refractivity contribution in [2.24, 2.45) is 17.3 Å². The fraction of sp³-hybridized carbons (Fsp3) is 0.423. The first-order chi connectivity index (χ1) is 15.6. The first-order valence-corrected chi connectivity index (χ1v) is 11.6. The molecule has 0 spiro atoms. The van der Waals surface area contributed by atoms with E-state index in [1.165, 1.54) is 6.42 Å². The zero-order valence-corrected chi connectivity index (χ0v) is 18.1. The van der Waals surface area contributed by atoms with Gasteiger partial charge in [0.2, 0.25) is 5.91 Å². The highest BCUT2D eigenvalue weighted by Crippen LogP contribution is 2.64. The van der Waals surface area contributed by atoms with Gasteiger partial charge in [0.05, 0.1) is 11.0 Å². The molecule has 7 rings (SSSR count). The molecule has 2 unspecified atom stereocenters. The number of aromatic nitrogens is 3. The normalized spacial score (nSPS) is 30.2. The first kappa shape index (κ1) is 19.5. The van der Waals surface area contributed by atoms with Crippen molar-refractivity contribution >= 4 is 11.6 Å². The number of hydrogen-bond donors (Lipinski definition) is 1. The van der Waals surface area contributed by atoms with Gasteiger partial charge in [-0.05, 0) is 80.2 Å². The summed E-state index contributed by atoms with van der Waals surface area (Å²) in [6.07, 6.45) is 9.79. The van der Waals surface area contributed by atoms with E-state index in [4.69, 9.17) is 4.74 Å². The van der Waals surface area contributed by atoms with Gasteiger partial charge in [-0.3, -0.25) is 4.79 Å². The maximum Gasteiger partial charge on any atom is 0.230 e. The third kappa shape index (κ3) is 3.38. The van der Waals surface area contributed by atoms with Gasteiger partial charge < -0.3 is 10.1 Å². The molecule has 0 aliphatic heterocycles. The Hall–Kier alpha value is -3.15. The Morgan fingerprint density at radius 1 is 1.03 bits per heavy atom. The van der Waals surface area contributed by atoms with Crippen molar-refractivity contribution in [2.75, 3.05) is 5.32 Å². The van der Waals surface area contributed by atoms with E-state index in [1.807, 2.05) is 65.6 Å². The Balaban J connectivity index is 1.16. The third-order valence-electron chi connectivity index (χ3n) is 7.78. The largest absolute Gasteiger partial charge is 0.489 e. The van der Waals surface area contributed by atoms with Crippen LogP contribution in [0.2, 0.25) is 0 Å². The summed E-state index contributed by atoms with van der Waals surface area (Å²) in [5, 5.41) is 7.71. The molecular weight excluding hydrogens is 400 g/mol. The van der Waals surface area contributed by atoms with Crippen LogP contribution in [0.15, 0.2) is 67.3 Å². The van der Waals surface area contributed by atoms with Crippen molar-refractivity contribution in [3.8, 4) is 5.75 Å². The number of carbonyl (C=O) groups excluding carboxylic acids is 1. The number of rotatable bonds is 6. The predicted molar refractivity (Wildman–Crippen MR) is 121 cm³/mol. The van der Waals surface area contributed by atoms with Gasteiger partial charge in [-0.1, -0.05) is 30.3 Å². The minimum Gasteiger partial charge on any atom is -0.489 e. The summed E-state index contributed by atoms with van der Waals surface area (Å²) in [5.74, 6) is 2.15. The third-order valence-corrected chi connectivity index (χ3v) is 7.78. The lowest BCUT2D eigenvalue weighted by Gasteiger charge is -2.60. The van der Waals surface area contributed by atoms with Crippen molar-refractivity contribution in [1.29, 1.82) is 0 Å². The van der Waals surface area contributed by atoms with E-state index in [0.29, 0.717) is 18.4 Å². The fourth-order valence-electron chi connectivity index (χ4n) is 6.84. The van der Waals surface area contributed by atoms with E-state index in [-0.39, 0.29) is 16.9 Å². The van der Waals surface area contributed by atoms with Gasteiger partial charge >= 0.3 is 0 Å². The molecule has 2 aromatic carbocycles. The van der Waals surface area contributed by atoms with Crippen molar-refractivity contribution < 1.29 is 9.53 Å². The minimum absolute atomic E-state index is 0.0486. The summed E-state index contributed by atoms with van der Waals surface area (Å²) in [6.45, 7) is 0.531. The topological polar surface area (TPSA) is 69.0 Å². The van der Waals surface area contributed by atoms with Crippen LogP contribution in [-0.2, 0) is 16.9 Å². The van der Waals surface area contributed by atoms with Crippen LogP contribution >= 0.6 is 0 Å². The first-order valence-electron chi connectivity index (χ1n) is 11.6. The van der Waals surface area contributed by atoms with E-state index in [9.17, 15) is 4.79 Å². The molecule has 164 valence electrons. The number of nitrogens with zero attached hydrogens (tertiary/aromatic N) is 3. The zero-order chi connectivity index (χ0) is 21.6. The monoisotopic (exact) mass is 428 g/mol. The molecule has 4 saturated carbocycles. The highest BCUT2D eigenvalue weighted by Gasteiger charge is 2.61. The van der Waals surface area contributed by atoms with Gasteiger partial charge in [-0.2, -0.15) is 5.10 Å². The van der Waals surface area contributed by atoms with Crippen molar-refractivity contribution in [2.45, 2.75) is 50.7 Å². The number of anilines is 1. The highest BCUT2D eigenvalue weighted by atomic mass is 16.5. The molecule has 1 N–H and O–H groups in total. The number of ether oxygens (including phenoxy) is 1. The number of amides is 1.